The van der Waals surface area contributed by atoms with Crippen molar-refractivity contribution in [3.63, 3.8) is 0 Å². The molecule has 2 heterocycles. The summed E-state index contributed by atoms with van der Waals surface area (Å²) < 4.78 is 71.6. The van der Waals surface area contributed by atoms with Crippen molar-refractivity contribution < 1.29 is 85.9 Å². The van der Waals surface area contributed by atoms with Crippen LogP contribution in [0.4, 0.5) is 5.69 Å². The molecule has 22 nitrogen and oxygen atoms in total. The molecule has 0 aliphatic rings. The third kappa shape index (κ3) is 25.3. The number of aryl methyl sites for hydroxylation is 1. The molecule has 3 rings (SSSR count). The lowest BCUT2D eigenvalue weighted by molar-refractivity contribution is -0.145. The molecule has 0 spiro atoms. The van der Waals surface area contributed by atoms with Crippen molar-refractivity contribution in [2.24, 2.45) is 0 Å². The van der Waals surface area contributed by atoms with Gasteiger partial charge in [0.25, 0.3) is 5.91 Å². The number of nitrogens with two attached hydrogens (primary N) is 1. The number of anilines is 1. The molecule has 0 unspecified atom stereocenters. The maximum absolute atomic E-state index is 13.8. The zero-order chi connectivity index (χ0) is 48.9. The van der Waals surface area contributed by atoms with E-state index < -0.39 is 29.3 Å². The summed E-state index contributed by atoms with van der Waals surface area (Å²) in [6.07, 6.45) is 1.48. The number of methoxy groups -OCH3 is 1. The summed E-state index contributed by atoms with van der Waals surface area (Å²) in [4.78, 5) is 45.6. The van der Waals surface area contributed by atoms with Crippen LogP contribution in [0.1, 0.15) is 41.6 Å². The number of aromatic hydroxyl groups is 2. The van der Waals surface area contributed by atoms with Crippen LogP contribution in [0.5, 0.6) is 11.8 Å². The summed E-state index contributed by atoms with van der Waals surface area (Å²) in [5, 5.41) is 20.0. The minimum absolute atomic E-state index is 0.0121. The summed E-state index contributed by atoms with van der Waals surface area (Å²) in [6.45, 7) is 12.4. The number of ether oxygens (including phenoxy) is 12. The highest BCUT2D eigenvalue weighted by molar-refractivity contribution is 5.99. The second-order valence-electron chi connectivity index (χ2n) is 14.8. The molecule has 1 aromatic carbocycles. The Balaban J connectivity index is 1.14. The van der Waals surface area contributed by atoms with Gasteiger partial charge in [0.2, 0.25) is 11.8 Å². The first kappa shape index (κ1) is 57.9. The van der Waals surface area contributed by atoms with E-state index in [-0.39, 0.29) is 43.9 Å². The van der Waals surface area contributed by atoms with Crippen molar-refractivity contribution in [3.05, 3.63) is 51.9 Å². The fourth-order valence-electron chi connectivity index (χ4n) is 6.10. The minimum Gasteiger partial charge on any atom is -0.492 e. The molecular formula is C46H73N3O19. The van der Waals surface area contributed by atoms with Crippen molar-refractivity contribution in [1.82, 2.24) is 9.63 Å². The second kappa shape index (κ2) is 37.5. The molecule has 386 valence electrons. The largest absolute Gasteiger partial charge is 0.492 e. The monoisotopic (exact) mass is 971 g/mol. The van der Waals surface area contributed by atoms with Gasteiger partial charge in [-0.25, -0.2) is 9.59 Å². The number of unbranched alkanes of at least 4 members (excludes halogenated alkanes) is 2. The quantitative estimate of drug-likeness (QED) is 0.0417. The number of nitrogens with zero attached hydrogens (tertiary/aromatic N) is 2. The number of carbonyl (C=O) groups is 2. The predicted octanol–water partition coefficient (Wildman–Crippen LogP) is 2.38. The smallest absolute Gasteiger partial charge is 0.349 e. The number of aromatic nitrogens is 1. The third-order valence-corrected chi connectivity index (χ3v) is 9.65. The topological polar surface area (TPSA) is 259 Å². The highest BCUT2D eigenvalue weighted by Gasteiger charge is 2.24. The van der Waals surface area contributed by atoms with Crippen molar-refractivity contribution in [1.29, 1.82) is 0 Å². The number of nitrogen functional groups attached to an aromatic ring is 1. The number of hydrogen-bond acceptors (Lipinski definition) is 20. The van der Waals surface area contributed by atoms with Gasteiger partial charge in [0.15, 0.2) is 0 Å². The fourth-order valence-corrected chi connectivity index (χ4v) is 6.10. The van der Waals surface area contributed by atoms with Crippen LogP contribution in [-0.4, -0.2) is 204 Å². The standard InChI is InChI=1S/C46H73N3O19/c1-37-39-8-7-38(47)36-40(39)67-46(54)44(37)45(53)48(11-5-3-4-6-43(52)68-49-41(50)9-10-42(49)51)12-13-56-16-17-58-20-21-60-24-25-62-28-29-64-32-33-66-35-34-65-31-30-63-27-26-61-23-22-59-19-18-57-15-14-55-2/h7-10,36,50-51H,3-6,11-35,47H2,1-2H3. The molecular weight excluding hydrogens is 899 g/mol. The van der Waals surface area contributed by atoms with E-state index in [2.05, 4.69) is 0 Å². The van der Waals surface area contributed by atoms with Gasteiger partial charge in [-0.15, -0.1) is 4.73 Å². The minimum atomic E-state index is -0.768. The van der Waals surface area contributed by atoms with E-state index in [1.165, 1.54) is 23.1 Å². The summed E-state index contributed by atoms with van der Waals surface area (Å²) in [5.41, 5.74) is 6.21. The van der Waals surface area contributed by atoms with E-state index in [1.807, 2.05) is 0 Å². The molecule has 3 aromatic rings. The van der Waals surface area contributed by atoms with E-state index in [0.29, 0.717) is 179 Å². The van der Waals surface area contributed by atoms with Crippen LogP contribution in [0.2, 0.25) is 0 Å². The third-order valence-electron chi connectivity index (χ3n) is 9.65. The Bertz CT molecular complexity index is 1820. The van der Waals surface area contributed by atoms with Crippen LogP contribution in [0.3, 0.4) is 0 Å². The molecule has 0 saturated carbocycles. The lowest BCUT2D eigenvalue weighted by atomic mass is 10.0. The summed E-state index contributed by atoms with van der Waals surface area (Å²) in [7, 11) is 1.64. The SMILES string of the molecule is COCCOCCOCCOCCOCCOCCOCCOCCOCCOCCOCCOCCN(CCCCCC(=O)On1c(O)ccc1O)C(=O)c1c(C)c2ccc(N)cc2oc1=O. The molecule has 22 heteroatoms. The Morgan fingerprint density at radius 2 is 0.985 bits per heavy atom. The number of benzene rings is 1. The molecule has 0 aliphatic heterocycles. The number of carbonyl (C=O) groups excluding carboxylic acids is 2. The molecule has 4 N–H and O–H groups in total. The van der Waals surface area contributed by atoms with E-state index in [1.54, 1.807) is 26.2 Å². The number of rotatable bonds is 44. The lowest BCUT2D eigenvalue weighted by Crippen LogP contribution is -2.38. The summed E-state index contributed by atoms with van der Waals surface area (Å²) >= 11 is 0. The van der Waals surface area contributed by atoms with Crippen LogP contribution in [-0.2, 0) is 61.6 Å². The van der Waals surface area contributed by atoms with Crippen LogP contribution >= 0.6 is 0 Å². The van der Waals surface area contributed by atoms with Gasteiger partial charge in [-0.2, -0.15) is 0 Å². The Morgan fingerprint density at radius 1 is 0.574 bits per heavy atom. The van der Waals surface area contributed by atoms with Gasteiger partial charge in [-0.05, 0) is 37.5 Å². The van der Waals surface area contributed by atoms with E-state index in [9.17, 15) is 24.6 Å². The van der Waals surface area contributed by atoms with E-state index in [0.717, 1.165) is 0 Å². The zero-order valence-electron chi connectivity index (χ0n) is 39.7. The van der Waals surface area contributed by atoms with Crippen molar-refractivity contribution >= 4 is 28.5 Å². The molecule has 0 bridgehead atoms. The van der Waals surface area contributed by atoms with E-state index >= 15 is 0 Å². The lowest BCUT2D eigenvalue weighted by Gasteiger charge is -2.23. The average Bonchev–Trinajstić information content (AvgIpc) is 3.63. The van der Waals surface area contributed by atoms with Crippen molar-refractivity contribution in [3.8, 4) is 11.8 Å². The van der Waals surface area contributed by atoms with Gasteiger partial charge < -0.3 is 86.9 Å². The van der Waals surface area contributed by atoms with Gasteiger partial charge in [0.05, 0.1) is 152 Å². The zero-order valence-corrected chi connectivity index (χ0v) is 39.7. The fraction of sp³-hybridized carbons (Fsp3) is 0.674. The maximum Gasteiger partial charge on any atom is 0.349 e. The summed E-state index contributed by atoms with van der Waals surface area (Å²) in [6, 6.07) is 7.30. The number of hydrogen-bond donors (Lipinski definition) is 3. The highest BCUT2D eigenvalue weighted by atomic mass is 16.7. The first-order valence-electron chi connectivity index (χ1n) is 23.0. The first-order chi connectivity index (χ1) is 33.2. The van der Waals surface area contributed by atoms with Gasteiger partial charge in [0, 0.05) is 55.9 Å². The Labute approximate surface area is 397 Å². The molecule has 68 heavy (non-hydrogen) atoms. The number of amides is 1. The molecule has 0 aliphatic carbocycles. The molecule has 2 aromatic heterocycles. The van der Waals surface area contributed by atoms with Crippen molar-refractivity contribution in [2.45, 2.75) is 32.6 Å². The molecule has 0 saturated heterocycles. The maximum atomic E-state index is 13.8. The highest BCUT2D eigenvalue weighted by Crippen LogP contribution is 2.23. The van der Waals surface area contributed by atoms with Gasteiger partial charge in [-0.3, -0.25) is 4.79 Å². The Hall–Kier alpha value is -4.43. The van der Waals surface area contributed by atoms with Crippen LogP contribution in [0.15, 0.2) is 39.5 Å². The number of fused-ring (bicyclic) bond motifs is 1. The Kier molecular flexibility index (Phi) is 31.9. The second-order valence-corrected chi connectivity index (χ2v) is 14.8. The van der Waals surface area contributed by atoms with Crippen LogP contribution in [0.25, 0.3) is 11.0 Å². The molecule has 0 atom stereocenters. The molecule has 0 radical (unpaired) electrons. The van der Waals surface area contributed by atoms with Crippen LogP contribution in [0, 0.1) is 6.92 Å². The van der Waals surface area contributed by atoms with Crippen LogP contribution < -0.4 is 16.2 Å². The van der Waals surface area contributed by atoms with Gasteiger partial charge >= 0.3 is 11.6 Å². The first-order valence-corrected chi connectivity index (χ1v) is 23.0. The Morgan fingerprint density at radius 3 is 1.41 bits per heavy atom. The van der Waals surface area contributed by atoms with Gasteiger partial charge in [-0.1, -0.05) is 6.42 Å². The molecule has 1 amide bonds. The summed E-state index contributed by atoms with van der Waals surface area (Å²) in [5.74, 6) is -1.97. The van der Waals surface area contributed by atoms with E-state index in [4.69, 9.17) is 71.8 Å². The normalized spacial score (nSPS) is 11.5. The molecule has 0 fully saturated rings. The van der Waals surface area contributed by atoms with Gasteiger partial charge in [0.1, 0.15) is 11.1 Å². The van der Waals surface area contributed by atoms with Crippen molar-refractivity contribution in [2.75, 3.05) is 178 Å². The average molecular weight is 972 g/mol. The predicted molar refractivity (Wildman–Crippen MR) is 246 cm³/mol.